The van der Waals surface area contributed by atoms with Gasteiger partial charge in [0.1, 0.15) is 5.76 Å². The standard InChI is InChI=1S/C19H21N3O7/c1-3-27-19(26)13-4-6-14(7-5-13)20-16(23)8-9-18(25)28-11-17(24)21-15-10-12(2)29-22-15/h4-7,10H,3,8-9,11H2,1-2H3,(H,20,23)(H,21,22,24). The number of carbonyl (C=O) groups is 4. The molecule has 2 N–H and O–H groups in total. The molecule has 0 spiro atoms. The fourth-order valence-corrected chi connectivity index (χ4v) is 2.17. The topological polar surface area (TPSA) is 137 Å². The molecule has 0 bridgehead atoms. The maximum absolute atomic E-state index is 11.9. The molecule has 1 aromatic carbocycles. The largest absolute Gasteiger partial charge is 0.462 e. The van der Waals surface area contributed by atoms with Crippen LogP contribution in [0.2, 0.25) is 0 Å². The fourth-order valence-electron chi connectivity index (χ4n) is 2.17. The third-order valence-electron chi connectivity index (χ3n) is 3.50. The zero-order valence-corrected chi connectivity index (χ0v) is 16.0. The number of carbonyl (C=O) groups excluding carboxylic acids is 4. The van der Waals surface area contributed by atoms with Crippen molar-refractivity contribution in [3.63, 3.8) is 0 Å². The molecule has 0 aliphatic carbocycles. The SMILES string of the molecule is CCOC(=O)c1ccc(NC(=O)CCC(=O)OCC(=O)Nc2cc(C)on2)cc1. The van der Waals surface area contributed by atoms with E-state index in [0.29, 0.717) is 17.0 Å². The first-order valence-electron chi connectivity index (χ1n) is 8.83. The predicted molar refractivity (Wildman–Crippen MR) is 101 cm³/mol. The normalized spacial score (nSPS) is 10.1. The molecular formula is C19H21N3O7. The smallest absolute Gasteiger partial charge is 0.338 e. The van der Waals surface area contributed by atoms with Crippen molar-refractivity contribution in [2.45, 2.75) is 26.7 Å². The van der Waals surface area contributed by atoms with Crippen LogP contribution in [0.5, 0.6) is 0 Å². The summed E-state index contributed by atoms with van der Waals surface area (Å²) >= 11 is 0. The molecule has 10 nitrogen and oxygen atoms in total. The molecule has 1 aromatic heterocycles. The Bertz CT molecular complexity index is 874. The Morgan fingerprint density at radius 3 is 2.34 bits per heavy atom. The summed E-state index contributed by atoms with van der Waals surface area (Å²) in [4.78, 5) is 46.8. The highest BCUT2D eigenvalue weighted by Crippen LogP contribution is 2.11. The Hall–Kier alpha value is -3.69. The highest BCUT2D eigenvalue weighted by Gasteiger charge is 2.12. The van der Waals surface area contributed by atoms with Gasteiger partial charge in [0.25, 0.3) is 5.91 Å². The summed E-state index contributed by atoms with van der Waals surface area (Å²) in [5.41, 5.74) is 0.839. The van der Waals surface area contributed by atoms with Crippen LogP contribution < -0.4 is 10.6 Å². The maximum Gasteiger partial charge on any atom is 0.338 e. The number of aryl methyl sites for hydroxylation is 1. The molecule has 2 amide bonds. The van der Waals surface area contributed by atoms with Crippen molar-refractivity contribution in [2.24, 2.45) is 0 Å². The molecule has 0 saturated carbocycles. The molecule has 2 rings (SSSR count). The Morgan fingerprint density at radius 2 is 1.72 bits per heavy atom. The van der Waals surface area contributed by atoms with Crippen molar-refractivity contribution in [1.29, 1.82) is 0 Å². The average molecular weight is 403 g/mol. The maximum atomic E-state index is 11.9. The zero-order valence-electron chi connectivity index (χ0n) is 16.0. The number of ether oxygens (including phenoxy) is 2. The summed E-state index contributed by atoms with van der Waals surface area (Å²) in [6.45, 7) is 3.15. The third kappa shape index (κ3) is 7.45. The summed E-state index contributed by atoms with van der Waals surface area (Å²) in [5, 5.41) is 8.58. The van der Waals surface area contributed by atoms with Gasteiger partial charge in [0, 0.05) is 18.2 Å². The van der Waals surface area contributed by atoms with Crippen molar-refractivity contribution < 1.29 is 33.2 Å². The van der Waals surface area contributed by atoms with E-state index in [-0.39, 0.29) is 25.3 Å². The molecule has 0 radical (unpaired) electrons. The summed E-state index contributed by atoms with van der Waals surface area (Å²) in [5.74, 6) is -1.37. The van der Waals surface area contributed by atoms with E-state index in [1.165, 1.54) is 18.2 Å². The quantitative estimate of drug-likeness (QED) is 0.607. The van der Waals surface area contributed by atoms with Gasteiger partial charge in [-0.05, 0) is 38.1 Å². The summed E-state index contributed by atoms with van der Waals surface area (Å²) in [7, 11) is 0. The molecule has 0 unspecified atom stereocenters. The van der Waals surface area contributed by atoms with Gasteiger partial charge in [0.2, 0.25) is 5.91 Å². The van der Waals surface area contributed by atoms with Gasteiger partial charge in [-0.25, -0.2) is 4.79 Å². The number of aromatic nitrogens is 1. The van der Waals surface area contributed by atoms with Crippen molar-refractivity contribution in [2.75, 3.05) is 23.8 Å². The van der Waals surface area contributed by atoms with Crippen LogP contribution in [0.1, 0.15) is 35.9 Å². The Balaban J connectivity index is 1.68. The van der Waals surface area contributed by atoms with Gasteiger partial charge in [0.05, 0.1) is 18.6 Å². The lowest BCUT2D eigenvalue weighted by atomic mass is 10.2. The minimum atomic E-state index is -0.690. The molecule has 0 aliphatic heterocycles. The second-order valence-corrected chi connectivity index (χ2v) is 5.88. The van der Waals surface area contributed by atoms with Crippen LogP contribution in [0.3, 0.4) is 0 Å². The molecule has 2 aromatic rings. The number of hydrogen-bond donors (Lipinski definition) is 2. The van der Waals surface area contributed by atoms with Crippen LogP contribution in [0, 0.1) is 6.92 Å². The van der Waals surface area contributed by atoms with Crippen molar-refractivity contribution in [1.82, 2.24) is 5.16 Å². The van der Waals surface area contributed by atoms with Gasteiger partial charge in [-0.15, -0.1) is 0 Å². The number of esters is 2. The number of nitrogens with one attached hydrogen (secondary N) is 2. The number of benzene rings is 1. The van der Waals surface area contributed by atoms with Crippen LogP contribution in [0.15, 0.2) is 34.9 Å². The lowest BCUT2D eigenvalue weighted by molar-refractivity contribution is -0.147. The lowest BCUT2D eigenvalue weighted by Crippen LogP contribution is -2.22. The van der Waals surface area contributed by atoms with E-state index < -0.39 is 30.4 Å². The summed E-state index contributed by atoms with van der Waals surface area (Å²) in [6, 6.07) is 7.67. The fraction of sp³-hybridized carbons (Fsp3) is 0.316. The highest BCUT2D eigenvalue weighted by atomic mass is 16.5. The molecule has 29 heavy (non-hydrogen) atoms. The van der Waals surface area contributed by atoms with Crippen molar-refractivity contribution in [3.05, 3.63) is 41.7 Å². The second kappa shape index (κ2) is 10.6. The van der Waals surface area contributed by atoms with E-state index in [0.717, 1.165) is 0 Å². The van der Waals surface area contributed by atoms with Gasteiger partial charge in [0.15, 0.2) is 12.4 Å². The zero-order chi connectivity index (χ0) is 21.2. The van der Waals surface area contributed by atoms with E-state index in [2.05, 4.69) is 15.8 Å². The number of nitrogens with zero attached hydrogens (tertiary/aromatic N) is 1. The van der Waals surface area contributed by atoms with Crippen molar-refractivity contribution in [3.8, 4) is 0 Å². The van der Waals surface area contributed by atoms with Crippen molar-refractivity contribution >= 4 is 35.3 Å². The predicted octanol–water partition coefficient (Wildman–Crippen LogP) is 2.06. The van der Waals surface area contributed by atoms with Gasteiger partial charge in [-0.2, -0.15) is 0 Å². The van der Waals surface area contributed by atoms with Crippen LogP contribution in [0.4, 0.5) is 11.5 Å². The molecule has 0 fully saturated rings. The van der Waals surface area contributed by atoms with E-state index in [1.54, 1.807) is 26.0 Å². The molecule has 0 atom stereocenters. The average Bonchev–Trinajstić information content (AvgIpc) is 3.10. The molecule has 154 valence electrons. The Labute approximate surface area is 166 Å². The van der Waals surface area contributed by atoms with Gasteiger partial charge < -0.3 is 24.6 Å². The molecular weight excluding hydrogens is 382 g/mol. The Morgan fingerprint density at radius 1 is 1.00 bits per heavy atom. The summed E-state index contributed by atoms with van der Waals surface area (Å²) < 4.78 is 14.5. The number of anilines is 2. The molecule has 1 heterocycles. The van der Waals surface area contributed by atoms with Crippen LogP contribution in [-0.4, -0.2) is 42.1 Å². The molecule has 0 aliphatic rings. The second-order valence-electron chi connectivity index (χ2n) is 5.88. The highest BCUT2D eigenvalue weighted by molar-refractivity contribution is 5.95. The first-order valence-corrected chi connectivity index (χ1v) is 8.83. The molecule has 10 heteroatoms. The molecule has 0 saturated heterocycles. The van der Waals surface area contributed by atoms with Crippen LogP contribution >= 0.6 is 0 Å². The minimum Gasteiger partial charge on any atom is -0.462 e. The number of rotatable bonds is 9. The van der Waals surface area contributed by atoms with Crippen LogP contribution in [0.25, 0.3) is 0 Å². The minimum absolute atomic E-state index is 0.122. The van der Waals surface area contributed by atoms with Gasteiger partial charge in [-0.3, -0.25) is 14.4 Å². The van der Waals surface area contributed by atoms with E-state index in [9.17, 15) is 19.2 Å². The Kier molecular flexibility index (Phi) is 7.89. The van der Waals surface area contributed by atoms with Crippen LogP contribution in [-0.2, 0) is 23.9 Å². The van der Waals surface area contributed by atoms with Gasteiger partial charge in [-0.1, -0.05) is 5.16 Å². The van der Waals surface area contributed by atoms with E-state index in [4.69, 9.17) is 14.0 Å². The number of hydrogen-bond acceptors (Lipinski definition) is 8. The lowest BCUT2D eigenvalue weighted by Gasteiger charge is -2.07. The van der Waals surface area contributed by atoms with E-state index in [1.807, 2.05) is 0 Å². The third-order valence-corrected chi connectivity index (χ3v) is 3.50. The van der Waals surface area contributed by atoms with E-state index >= 15 is 0 Å². The first-order chi connectivity index (χ1) is 13.9. The first kappa shape index (κ1) is 21.6. The van der Waals surface area contributed by atoms with Gasteiger partial charge >= 0.3 is 11.9 Å². The summed E-state index contributed by atoms with van der Waals surface area (Å²) in [6.07, 6.45) is -0.314. The monoisotopic (exact) mass is 403 g/mol. The number of amides is 2.